The zero-order valence-electron chi connectivity index (χ0n) is 16.8. The number of amides is 1. The molecule has 0 bridgehead atoms. The predicted molar refractivity (Wildman–Crippen MR) is 112 cm³/mol. The van der Waals surface area contributed by atoms with E-state index in [1.807, 2.05) is 6.07 Å². The van der Waals surface area contributed by atoms with Crippen LogP contribution < -0.4 is 10.2 Å². The maximum Gasteiger partial charge on any atom is 0.225 e. The lowest BCUT2D eigenvalue weighted by atomic mass is 9.87. The number of aryl methyl sites for hydroxylation is 1. The van der Waals surface area contributed by atoms with E-state index in [2.05, 4.69) is 54.5 Å². The molecule has 1 aromatic carbocycles. The lowest BCUT2D eigenvalue weighted by Crippen LogP contribution is -2.44. The van der Waals surface area contributed by atoms with E-state index in [0.717, 1.165) is 44.5 Å². The van der Waals surface area contributed by atoms with Crippen LogP contribution in [-0.4, -0.2) is 43.7 Å². The third-order valence-electron chi connectivity index (χ3n) is 6.09. The number of hydrogen-bond acceptors (Lipinski definition) is 6. The van der Waals surface area contributed by atoms with Crippen molar-refractivity contribution < 1.29 is 4.79 Å². The minimum absolute atomic E-state index is 0.0439. The maximum absolute atomic E-state index is 13.1. The normalized spacial score (nSPS) is 21.1. The number of carbonyl (C=O) groups excluding carboxylic acids is 1. The zero-order chi connectivity index (χ0) is 20.3. The molecule has 0 radical (unpaired) electrons. The van der Waals surface area contributed by atoms with Crippen molar-refractivity contribution in [1.82, 2.24) is 30.0 Å². The number of benzene rings is 1. The monoisotopic (exact) mass is 403 g/mol. The van der Waals surface area contributed by atoms with Crippen molar-refractivity contribution in [3.8, 4) is 5.82 Å². The molecule has 1 N–H and O–H groups in total. The fraction of sp³-hybridized carbons (Fsp3) is 0.409. The van der Waals surface area contributed by atoms with E-state index in [-0.39, 0.29) is 17.9 Å². The predicted octanol–water partition coefficient (Wildman–Crippen LogP) is 2.47. The average molecular weight is 403 g/mol. The average Bonchev–Trinajstić information content (AvgIpc) is 3.35. The van der Waals surface area contributed by atoms with Gasteiger partial charge in [-0.2, -0.15) is 5.10 Å². The number of fused-ring (bicyclic) bond motifs is 1. The van der Waals surface area contributed by atoms with E-state index < -0.39 is 0 Å². The summed E-state index contributed by atoms with van der Waals surface area (Å²) in [6.07, 6.45) is 9.71. The summed E-state index contributed by atoms with van der Waals surface area (Å²) in [6.45, 7) is 1.54. The fourth-order valence-electron chi connectivity index (χ4n) is 4.55. The molecular weight excluding hydrogens is 378 g/mol. The highest BCUT2D eigenvalue weighted by Crippen LogP contribution is 2.30. The summed E-state index contributed by atoms with van der Waals surface area (Å²) in [5.41, 5.74) is 2.64. The Kier molecular flexibility index (Phi) is 5.13. The first-order valence-electron chi connectivity index (χ1n) is 10.6. The maximum atomic E-state index is 13.1. The molecular formula is C22H25N7O. The molecule has 8 nitrogen and oxygen atoms in total. The Labute approximate surface area is 175 Å². The van der Waals surface area contributed by atoms with Gasteiger partial charge >= 0.3 is 0 Å². The second-order valence-electron chi connectivity index (χ2n) is 8.01. The highest BCUT2D eigenvalue weighted by atomic mass is 16.2. The Morgan fingerprint density at radius 3 is 2.87 bits per heavy atom. The Bertz CT molecular complexity index is 1020. The Hall–Kier alpha value is -3.29. The molecule has 0 spiro atoms. The molecule has 5 rings (SSSR count). The van der Waals surface area contributed by atoms with Crippen LogP contribution in [-0.2, 0) is 11.2 Å². The second kappa shape index (κ2) is 8.22. The zero-order valence-corrected chi connectivity index (χ0v) is 16.8. The minimum atomic E-state index is -0.0439. The Balaban J connectivity index is 1.28. The molecule has 1 amide bonds. The summed E-state index contributed by atoms with van der Waals surface area (Å²) in [4.78, 5) is 28.0. The Morgan fingerprint density at radius 1 is 1.07 bits per heavy atom. The van der Waals surface area contributed by atoms with E-state index in [9.17, 15) is 4.79 Å². The van der Waals surface area contributed by atoms with Gasteiger partial charge in [0.1, 0.15) is 24.8 Å². The Morgan fingerprint density at radius 2 is 1.97 bits per heavy atom. The van der Waals surface area contributed by atoms with Gasteiger partial charge in [-0.3, -0.25) is 4.79 Å². The SMILES string of the molecule is O=C(N[C@@H]1CCCc2ccccc21)[C@H]1CCCN(c2cc(-n3cncn3)ncn2)C1. The molecule has 1 aliphatic carbocycles. The number of anilines is 1. The summed E-state index contributed by atoms with van der Waals surface area (Å²) >= 11 is 0. The lowest BCUT2D eigenvalue weighted by molar-refractivity contribution is -0.126. The smallest absolute Gasteiger partial charge is 0.225 e. The summed E-state index contributed by atoms with van der Waals surface area (Å²) in [6, 6.07) is 10.5. The molecule has 2 aliphatic rings. The molecule has 154 valence electrons. The van der Waals surface area contributed by atoms with Crippen LogP contribution in [0.2, 0.25) is 0 Å². The minimum Gasteiger partial charge on any atom is -0.356 e. The van der Waals surface area contributed by atoms with Crippen LogP contribution >= 0.6 is 0 Å². The summed E-state index contributed by atoms with van der Waals surface area (Å²) in [7, 11) is 0. The van der Waals surface area contributed by atoms with Crippen LogP contribution in [0.4, 0.5) is 5.82 Å². The molecule has 3 heterocycles. The molecule has 1 saturated heterocycles. The molecule has 1 aliphatic heterocycles. The molecule has 3 aromatic rings. The van der Waals surface area contributed by atoms with E-state index in [0.29, 0.717) is 12.4 Å². The van der Waals surface area contributed by atoms with E-state index in [4.69, 9.17) is 0 Å². The number of carbonyl (C=O) groups is 1. The van der Waals surface area contributed by atoms with E-state index in [1.54, 1.807) is 11.0 Å². The number of piperidine rings is 1. The quantitative estimate of drug-likeness (QED) is 0.720. The third kappa shape index (κ3) is 3.77. The standard InChI is InChI=1S/C22H25N7O/c30-22(27-19-9-3-6-16-5-1-2-8-18(16)19)17-7-4-10-28(12-17)20-11-21(25-14-24-20)29-15-23-13-26-29/h1-2,5,8,11,13-15,17,19H,3-4,6-7,9-10,12H2,(H,27,30)/t17-,19+/m0/s1. The summed E-state index contributed by atoms with van der Waals surface area (Å²) < 4.78 is 1.61. The molecule has 1 fully saturated rings. The summed E-state index contributed by atoms with van der Waals surface area (Å²) in [5.74, 6) is 1.59. The van der Waals surface area contributed by atoms with Crippen LogP contribution in [0, 0.1) is 5.92 Å². The highest BCUT2D eigenvalue weighted by molar-refractivity contribution is 5.80. The first kappa shape index (κ1) is 18.7. The molecule has 0 unspecified atom stereocenters. The lowest BCUT2D eigenvalue weighted by Gasteiger charge is -2.34. The van der Waals surface area contributed by atoms with Gasteiger partial charge < -0.3 is 10.2 Å². The summed E-state index contributed by atoms with van der Waals surface area (Å²) in [5, 5.41) is 7.46. The van der Waals surface area contributed by atoms with Crippen molar-refractivity contribution >= 4 is 11.7 Å². The van der Waals surface area contributed by atoms with Gasteiger partial charge in [0, 0.05) is 19.2 Å². The van der Waals surface area contributed by atoms with Crippen LogP contribution in [0.3, 0.4) is 0 Å². The first-order chi connectivity index (χ1) is 14.8. The van der Waals surface area contributed by atoms with Gasteiger partial charge in [0.05, 0.1) is 12.0 Å². The van der Waals surface area contributed by atoms with Crippen LogP contribution in [0.25, 0.3) is 5.82 Å². The van der Waals surface area contributed by atoms with Crippen molar-refractivity contribution in [2.24, 2.45) is 5.92 Å². The highest BCUT2D eigenvalue weighted by Gasteiger charge is 2.29. The van der Waals surface area contributed by atoms with Crippen LogP contribution in [0.15, 0.2) is 49.3 Å². The molecule has 0 saturated carbocycles. The van der Waals surface area contributed by atoms with Crippen molar-refractivity contribution in [2.75, 3.05) is 18.0 Å². The van der Waals surface area contributed by atoms with Gasteiger partial charge in [0.2, 0.25) is 5.91 Å². The van der Waals surface area contributed by atoms with Gasteiger partial charge in [-0.25, -0.2) is 19.6 Å². The number of nitrogens with zero attached hydrogens (tertiary/aromatic N) is 6. The topological polar surface area (TPSA) is 88.8 Å². The van der Waals surface area contributed by atoms with Gasteiger partial charge in [0.15, 0.2) is 5.82 Å². The van der Waals surface area contributed by atoms with Crippen molar-refractivity contribution in [1.29, 1.82) is 0 Å². The molecule has 30 heavy (non-hydrogen) atoms. The fourth-order valence-corrected chi connectivity index (χ4v) is 4.55. The molecule has 2 aromatic heterocycles. The number of hydrogen-bond donors (Lipinski definition) is 1. The molecule has 8 heteroatoms. The van der Waals surface area contributed by atoms with Gasteiger partial charge in [-0.05, 0) is 43.2 Å². The van der Waals surface area contributed by atoms with Gasteiger partial charge in [-0.1, -0.05) is 24.3 Å². The largest absolute Gasteiger partial charge is 0.356 e. The van der Waals surface area contributed by atoms with Crippen molar-refractivity contribution in [2.45, 2.75) is 38.1 Å². The number of nitrogens with one attached hydrogen (secondary N) is 1. The van der Waals surface area contributed by atoms with Crippen LogP contribution in [0.5, 0.6) is 0 Å². The third-order valence-corrected chi connectivity index (χ3v) is 6.09. The van der Waals surface area contributed by atoms with E-state index in [1.165, 1.54) is 23.8 Å². The van der Waals surface area contributed by atoms with Gasteiger partial charge in [-0.15, -0.1) is 0 Å². The van der Waals surface area contributed by atoms with E-state index >= 15 is 0 Å². The van der Waals surface area contributed by atoms with Crippen molar-refractivity contribution in [3.05, 3.63) is 60.4 Å². The number of aromatic nitrogens is 5. The number of rotatable bonds is 4. The van der Waals surface area contributed by atoms with Crippen LogP contribution in [0.1, 0.15) is 42.9 Å². The molecule has 2 atom stereocenters. The van der Waals surface area contributed by atoms with Gasteiger partial charge in [0.25, 0.3) is 0 Å². The van der Waals surface area contributed by atoms with Crippen molar-refractivity contribution in [3.63, 3.8) is 0 Å². The second-order valence-corrected chi connectivity index (χ2v) is 8.01. The first-order valence-corrected chi connectivity index (χ1v) is 10.6.